The monoisotopic (exact) mass is 381 g/mol. The van der Waals surface area contributed by atoms with Crippen molar-refractivity contribution in [2.75, 3.05) is 0 Å². The van der Waals surface area contributed by atoms with Crippen LogP contribution >= 0.6 is 47.2 Å². The molecular formula is C16H13Cl2N3S2. The molecule has 0 unspecified atom stereocenters. The van der Waals surface area contributed by atoms with Crippen molar-refractivity contribution >= 4 is 47.2 Å². The maximum Gasteiger partial charge on any atom is 0.199 e. The molecule has 1 aromatic heterocycles. The number of hydrogen-bond acceptors (Lipinski definition) is 3. The molecule has 0 amide bonds. The molecule has 2 aromatic carbocycles. The minimum atomic E-state index is 0.496. The van der Waals surface area contributed by atoms with Crippen LogP contribution in [0.25, 0.3) is 5.69 Å². The van der Waals surface area contributed by atoms with E-state index >= 15 is 0 Å². The summed E-state index contributed by atoms with van der Waals surface area (Å²) in [5.74, 6) is 2.51. The standard InChI is InChI=1S/C16H13Cl2N3S2/c17-13-7-6-12(8-14(13)18)21-15(19-20-16(21)22)10-23-9-11-4-2-1-3-5-11/h1-8H,9-10H2,(H,20,22). The zero-order chi connectivity index (χ0) is 16.2. The van der Waals surface area contributed by atoms with Crippen LogP contribution in [0.15, 0.2) is 48.5 Å². The lowest BCUT2D eigenvalue weighted by Gasteiger charge is -2.08. The van der Waals surface area contributed by atoms with Gasteiger partial charge in [0.05, 0.1) is 21.5 Å². The molecule has 0 fully saturated rings. The van der Waals surface area contributed by atoms with Crippen molar-refractivity contribution in [2.24, 2.45) is 0 Å². The maximum absolute atomic E-state index is 6.10. The van der Waals surface area contributed by atoms with Crippen LogP contribution in [0.2, 0.25) is 10.0 Å². The first-order valence-corrected chi connectivity index (χ1v) is 9.20. The van der Waals surface area contributed by atoms with E-state index in [0.29, 0.717) is 14.8 Å². The summed E-state index contributed by atoms with van der Waals surface area (Å²) in [7, 11) is 0. The van der Waals surface area contributed by atoms with Crippen LogP contribution in [0.4, 0.5) is 0 Å². The Hall–Kier alpha value is -1.27. The number of aromatic nitrogens is 3. The third kappa shape index (κ3) is 3.98. The Morgan fingerprint density at radius 3 is 2.57 bits per heavy atom. The summed E-state index contributed by atoms with van der Waals surface area (Å²) in [5, 5.41) is 8.18. The highest BCUT2D eigenvalue weighted by Crippen LogP contribution is 2.26. The molecule has 0 radical (unpaired) electrons. The van der Waals surface area contributed by atoms with Crippen LogP contribution in [-0.4, -0.2) is 14.8 Å². The third-order valence-corrected chi connectivity index (χ3v) is 5.26. The lowest BCUT2D eigenvalue weighted by atomic mass is 10.2. The molecule has 118 valence electrons. The molecule has 0 aliphatic rings. The molecule has 0 spiro atoms. The lowest BCUT2D eigenvalue weighted by molar-refractivity contribution is 0.949. The molecular weight excluding hydrogens is 369 g/mol. The Bertz CT molecular complexity index is 859. The molecule has 1 N–H and O–H groups in total. The molecule has 3 nitrogen and oxygen atoms in total. The first kappa shape index (κ1) is 16.6. The normalized spacial score (nSPS) is 10.9. The van der Waals surface area contributed by atoms with Crippen molar-refractivity contribution in [1.29, 1.82) is 0 Å². The zero-order valence-electron chi connectivity index (χ0n) is 12.0. The molecule has 0 atom stereocenters. The van der Waals surface area contributed by atoms with E-state index in [1.54, 1.807) is 23.9 Å². The number of nitrogens with zero attached hydrogens (tertiary/aromatic N) is 2. The fourth-order valence-corrected chi connectivity index (χ4v) is 3.61. The molecule has 0 bridgehead atoms. The van der Waals surface area contributed by atoms with E-state index in [2.05, 4.69) is 22.3 Å². The van der Waals surface area contributed by atoms with Gasteiger partial charge < -0.3 is 0 Å². The number of hydrogen-bond donors (Lipinski definition) is 1. The summed E-state index contributed by atoms with van der Waals surface area (Å²) in [6.07, 6.45) is 0. The number of nitrogens with one attached hydrogen (secondary N) is 1. The van der Waals surface area contributed by atoms with Gasteiger partial charge in [0, 0.05) is 5.75 Å². The Labute approximate surface area is 153 Å². The molecule has 0 saturated heterocycles. The van der Waals surface area contributed by atoms with Gasteiger partial charge in [-0.15, -0.1) is 11.8 Å². The van der Waals surface area contributed by atoms with Gasteiger partial charge in [-0.05, 0) is 36.0 Å². The largest absolute Gasteiger partial charge is 0.271 e. The fourth-order valence-electron chi connectivity index (χ4n) is 2.15. The highest BCUT2D eigenvalue weighted by Gasteiger charge is 2.10. The average Bonchev–Trinajstić information content (AvgIpc) is 2.92. The molecule has 0 aliphatic heterocycles. The first-order chi connectivity index (χ1) is 11.1. The predicted molar refractivity (Wildman–Crippen MR) is 100 cm³/mol. The summed E-state index contributed by atoms with van der Waals surface area (Å²) in [6, 6.07) is 15.8. The minimum absolute atomic E-state index is 0.496. The molecule has 7 heteroatoms. The third-order valence-electron chi connectivity index (χ3n) is 3.25. The summed E-state index contributed by atoms with van der Waals surface area (Å²) < 4.78 is 2.42. The van der Waals surface area contributed by atoms with Gasteiger partial charge in [-0.2, -0.15) is 5.10 Å². The van der Waals surface area contributed by atoms with Crippen molar-refractivity contribution in [3.05, 3.63) is 74.7 Å². The zero-order valence-corrected chi connectivity index (χ0v) is 15.1. The number of thioether (sulfide) groups is 1. The van der Waals surface area contributed by atoms with Crippen molar-refractivity contribution in [1.82, 2.24) is 14.8 Å². The van der Waals surface area contributed by atoms with Gasteiger partial charge in [0.1, 0.15) is 5.82 Å². The number of H-pyrrole nitrogens is 1. The number of benzene rings is 2. The summed E-state index contributed by atoms with van der Waals surface area (Å²) in [4.78, 5) is 0. The predicted octanol–water partition coefficient (Wildman–Crippen LogP) is 5.67. The summed E-state index contributed by atoms with van der Waals surface area (Å²) in [6.45, 7) is 0. The quantitative estimate of drug-likeness (QED) is 0.577. The first-order valence-electron chi connectivity index (χ1n) is 6.88. The van der Waals surface area contributed by atoms with Gasteiger partial charge in [-0.25, -0.2) is 0 Å². The summed E-state index contributed by atoms with van der Waals surface area (Å²) in [5.41, 5.74) is 2.14. The van der Waals surface area contributed by atoms with Gasteiger partial charge in [0.2, 0.25) is 0 Å². The van der Waals surface area contributed by atoms with Crippen molar-refractivity contribution in [3.63, 3.8) is 0 Å². The van der Waals surface area contributed by atoms with Crippen molar-refractivity contribution in [2.45, 2.75) is 11.5 Å². The molecule has 1 heterocycles. The van der Waals surface area contributed by atoms with Crippen LogP contribution in [0.5, 0.6) is 0 Å². The highest BCUT2D eigenvalue weighted by atomic mass is 35.5. The van der Waals surface area contributed by atoms with E-state index in [1.807, 2.05) is 28.8 Å². The minimum Gasteiger partial charge on any atom is -0.271 e. The average molecular weight is 382 g/mol. The Kier molecular flexibility index (Phi) is 5.43. The van der Waals surface area contributed by atoms with Crippen LogP contribution in [0, 0.1) is 4.77 Å². The Balaban J connectivity index is 1.79. The van der Waals surface area contributed by atoms with Gasteiger partial charge >= 0.3 is 0 Å². The van der Waals surface area contributed by atoms with E-state index in [0.717, 1.165) is 23.0 Å². The van der Waals surface area contributed by atoms with Crippen LogP contribution < -0.4 is 0 Å². The van der Waals surface area contributed by atoms with Crippen LogP contribution in [0.1, 0.15) is 11.4 Å². The topological polar surface area (TPSA) is 33.6 Å². The highest BCUT2D eigenvalue weighted by molar-refractivity contribution is 7.97. The molecule has 3 rings (SSSR count). The lowest BCUT2D eigenvalue weighted by Crippen LogP contribution is -2.00. The second kappa shape index (κ2) is 7.53. The van der Waals surface area contributed by atoms with Gasteiger partial charge in [0.15, 0.2) is 4.77 Å². The van der Waals surface area contributed by atoms with E-state index in [4.69, 9.17) is 35.4 Å². The van der Waals surface area contributed by atoms with Crippen LogP contribution in [-0.2, 0) is 11.5 Å². The van der Waals surface area contributed by atoms with Gasteiger partial charge in [0.25, 0.3) is 0 Å². The summed E-state index contributed by atoms with van der Waals surface area (Å²) >= 11 is 19.2. The van der Waals surface area contributed by atoms with E-state index in [-0.39, 0.29) is 0 Å². The molecule has 0 saturated carbocycles. The van der Waals surface area contributed by atoms with Crippen LogP contribution in [0.3, 0.4) is 0 Å². The van der Waals surface area contributed by atoms with Gasteiger partial charge in [-0.1, -0.05) is 53.5 Å². The molecule has 3 aromatic rings. The number of halogens is 2. The molecule has 23 heavy (non-hydrogen) atoms. The second-order valence-corrected chi connectivity index (χ2v) is 7.04. The second-order valence-electron chi connectivity index (χ2n) is 4.86. The Morgan fingerprint density at radius 1 is 1.04 bits per heavy atom. The maximum atomic E-state index is 6.10. The van der Waals surface area contributed by atoms with E-state index in [1.165, 1.54) is 5.56 Å². The SMILES string of the molecule is S=c1[nH]nc(CSCc2ccccc2)n1-c1ccc(Cl)c(Cl)c1. The number of rotatable bonds is 5. The molecule has 0 aliphatic carbocycles. The van der Waals surface area contributed by atoms with E-state index in [9.17, 15) is 0 Å². The number of aromatic amines is 1. The van der Waals surface area contributed by atoms with Gasteiger partial charge in [-0.3, -0.25) is 9.67 Å². The fraction of sp³-hybridized carbons (Fsp3) is 0.125. The smallest absolute Gasteiger partial charge is 0.199 e. The van der Waals surface area contributed by atoms with Crippen molar-refractivity contribution in [3.8, 4) is 5.69 Å². The van der Waals surface area contributed by atoms with Crippen molar-refractivity contribution < 1.29 is 0 Å². The van der Waals surface area contributed by atoms with E-state index < -0.39 is 0 Å². The Morgan fingerprint density at radius 2 is 1.83 bits per heavy atom.